The molecule has 0 aliphatic carbocycles. The van der Waals surface area contributed by atoms with Gasteiger partial charge in [-0.2, -0.15) is 0 Å². The predicted molar refractivity (Wildman–Crippen MR) is 83.4 cm³/mol. The molecule has 1 N–H and O–H groups in total. The smallest absolute Gasteiger partial charge is 0.178 e. The average Bonchev–Trinajstić information content (AvgIpc) is 2.77. The van der Waals surface area contributed by atoms with E-state index in [1.54, 1.807) is 0 Å². The number of aromatic amines is 1. The van der Waals surface area contributed by atoms with Crippen molar-refractivity contribution in [1.82, 2.24) is 9.55 Å². The molecule has 114 valence electrons. The Labute approximate surface area is 128 Å². The molecule has 1 saturated heterocycles. The molecule has 21 heavy (non-hydrogen) atoms. The number of hydrogen-bond donors (Lipinski definition) is 1. The number of ether oxygens (including phenoxy) is 3. The van der Waals surface area contributed by atoms with E-state index in [1.807, 2.05) is 32.0 Å². The van der Waals surface area contributed by atoms with Gasteiger partial charge < -0.3 is 23.8 Å². The predicted octanol–water partition coefficient (Wildman–Crippen LogP) is 2.90. The van der Waals surface area contributed by atoms with E-state index in [2.05, 4.69) is 9.55 Å². The minimum atomic E-state index is 0.0409. The van der Waals surface area contributed by atoms with Crippen LogP contribution in [-0.2, 0) is 16.0 Å². The van der Waals surface area contributed by atoms with Crippen molar-refractivity contribution >= 4 is 23.3 Å². The summed E-state index contributed by atoms with van der Waals surface area (Å²) in [5, 5.41) is 0. The van der Waals surface area contributed by atoms with Crippen molar-refractivity contribution in [2.45, 2.75) is 32.6 Å². The quantitative estimate of drug-likeness (QED) is 0.882. The molecule has 0 radical (unpaired) electrons. The van der Waals surface area contributed by atoms with E-state index in [1.165, 1.54) is 0 Å². The maximum atomic E-state index is 5.84. The van der Waals surface area contributed by atoms with Crippen LogP contribution < -0.4 is 4.74 Å². The molecule has 1 unspecified atom stereocenters. The van der Waals surface area contributed by atoms with Crippen LogP contribution in [0.4, 0.5) is 0 Å². The maximum absolute atomic E-state index is 5.84. The maximum Gasteiger partial charge on any atom is 0.178 e. The lowest BCUT2D eigenvalue weighted by molar-refractivity contribution is -0.0933. The summed E-state index contributed by atoms with van der Waals surface area (Å²) in [6.07, 6.45) is 0.162. The molecule has 3 rings (SSSR count). The Balaban J connectivity index is 1.95. The summed E-state index contributed by atoms with van der Waals surface area (Å²) in [6, 6.07) is 5.98. The molecule has 0 amide bonds. The summed E-state index contributed by atoms with van der Waals surface area (Å²) in [5.74, 6) is 0.827. The lowest BCUT2D eigenvalue weighted by Gasteiger charge is -2.23. The van der Waals surface area contributed by atoms with E-state index < -0.39 is 0 Å². The van der Waals surface area contributed by atoms with Crippen LogP contribution >= 0.6 is 12.2 Å². The number of para-hydroxylation sites is 1. The molecule has 6 heteroatoms. The molecule has 0 saturated carbocycles. The van der Waals surface area contributed by atoms with Gasteiger partial charge in [0.1, 0.15) is 11.3 Å². The molecule has 2 aromatic rings. The Kier molecular flexibility index (Phi) is 4.28. The van der Waals surface area contributed by atoms with Crippen molar-refractivity contribution in [2.75, 3.05) is 19.8 Å². The standard InChI is InChI=1S/C15H20N2O3S/c1-10(2)20-13-5-3-4-12-14(13)16-15(21)17(12)8-11-9-18-6-7-19-11/h3-5,10-11H,6-9H2,1-2H3,(H,16,21). The van der Waals surface area contributed by atoms with Crippen LogP contribution in [0.15, 0.2) is 18.2 Å². The monoisotopic (exact) mass is 308 g/mol. The minimum Gasteiger partial charge on any atom is -0.489 e. The van der Waals surface area contributed by atoms with Gasteiger partial charge in [0.25, 0.3) is 0 Å². The summed E-state index contributed by atoms with van der Waals surface area (Å²) in [5.41, 5.74) is 1.97. The van der Waals surface area contributed by atoms with Crippen molar-refractivity contribution in [3.8, 4) is 5.75 Å². The Morgan fingerprint density at radius 3 is 3.00 bits per heavy atom. The summed E-state index contributed by atoms with van der Waals surface area (Å²) in [7, 11) is 0. The van der Waals surface area contributed by atoms with E-state index in [0.717, 1.165) is 16.8 Å². The SMILES string of the molecule is CC(C)Oc1cccc2c1[nH]c(=S)n2CC1COCCO1. The zero-order valence-electron chi connectivity index (χ0n) is 12.3. The van der Waals surface area contributed by atoms with Gasteiger partial charge in [-0.1, -0.05) is 6.07 Å². The third kappa shape index (κ3) is 3.12. The van der Waals surface area contributed by atoms with Crippen LogP contribution in [0.5, 0.6) is 5.75 Å². The second-order valence-corrected chi connectivity index (χ2v) is 5.81. The van der Waals surface area contributed by atoms with Crippen LogP contribution in [0.1, 0.15) is 13.8 Å². The summed E-state index contributed by atoms with van der Waals surface area (Å²) in [4.78, 5) is 3.25. The lowest BCUT2D eigenvalue weighted by Crippen LogP contribution is -2.32. The zero-order chi connectivity index (χ0) is 14.8. The molecule has 1 aromatic heterocycles. The Morgan fingerprint density at radius 1 is 1.43 bits per heavy atom. The number of imidazole rings is 1. The zero-order valence-corrected chi connectivity index (χ0v) is 13.1. The molecule has 1 aliphatic heterocycles. The number of rotatable bonds is 4. The highest BCUT2D eigenvalue weighted by molar-refractivity contribution is 7.71. The van der Waals surface area contributed by atoms with E-state index in [4.69, 9.17) is 26.4 Å². The number of nitrogens with zero attached hydrogens (tertiary/aromatic N) is 1. The van der Waals surface area contributed by atoms with Gasteiger partial charge in [-0.25, -0.2) is 0 Å². The Morgan fingerprint density at radius 2 is 2.29 bits per heavy atom. The third-order valence-electron chi connectivity index (χ3n) is 3.41. The third-order valence-corrected chi connectivity index (χ3v) is 3.73. The average molecular weight is 308 g/mol. The molecule has 1 aromatic carbocycles. The van der Waals surface area contributed by atoms with Gasteiger partial charge in [0.05, 0.1) is 44.1 Å². The van der Waals surface area contributed by atoms with Gasteiger partial charge in [-0.15, -0.1) is 0 Å². The van der Waals surface area contributed by atoms with Crippen LogP contribution in [0, 0.1) is 4.77 Å². The first kappa shape index (κ1) is 14.6. The number of fused-ring (bicyclic) bond motifs is 1. The van der Waals surface area contributed by atoms with Crippen LogP contribution in [-0.4, -0.2) is 41.6 Å². The minimum absolute atomic E-state index is 0.0409. The molecule has 2 heterocycles. The van der Waals surface area contributed by atoms with Crippen molar-refractivity contribution in [2.24, 2.45) is 0 Å². The summed E-state index contributed by atoms with van der Waals surface area (Å²) < 4.78 is 19.7. The second-order valence-electron chi connectivity index (χ2n) is 5.43. The molecular formula is C15H20N2O3S. The number of benzene rings is 1. The van der Waals surface area contributed by atoms with E-state index >= 15 is 0 Å². The number of aromatic nitrogens is 2. The molecule has 0 spiro atoms. The van der Waals surface area contributed by atoms with Crippen LogP contribution in [0.2, 0.25) is 0 Å². The molecule has 1 atom stereocenters. The fourth-order valence-corrected chi connectivity index (χ4v) is 2.81. The number of H-pyrrole nitrogens is 1. The number of hydrogen-bond acceptors (Lipinski definition) is 4. The van der Waals surface area contributed by atoms with Gasteiger partial charge in [0, 0.05) is 0 Å². The largest absolute Gasteiger partial charge is 0.489 e. The molecule has 5 nitrogen and oxygen atoms in total. The van der Waals surface area contributed by atoms with Gasteiger partial charge >= 0.3 is 0 Å². The van der Waals surface area contributed by atoms with E-state index in [0.29, 0.717) is 31.1 Å². The fraction of sp³-hybridized carbons (Fsp3) is 0.533. The molecule has 0 bridgehead atoms. The van der Waals surface area contributed by atoms with Crippen molar-refractivity contribution in [1.29, 1.82) is 0 Å². The fourth-order valence-electron chi connectivity index (χ4n) is 2.53. The molecule has 1 aliphatic rings. The van der Waals surface area contributed by atoms with E-state index in [-0.39, 0.29) is 12.2 Å². The normalized spacial score (nSPS) is 19.3. The highest BCUT2D eigenvalue weighted by atomic mass is 32.1. The van der Waals surface area contributed by atoms with Crippen molar-refractivity contribution < 1.29 is 14.2 Å². The first-order valence-electron chi connectivity index (χ1n) is 7.22. The van der Waals surface area contributed by atoms with Gasteiger partial charge in [-0.3, -0.25) is 0 Å². The lowest BCUT2D eigenvalue weighted by atomic mass is 10.2. The molecular weight excluding hydrogens is 288 g/mol. The Bertz CT molecular complexity index is 671. The summed E-state index contributed by atoms with van der Waals surface area (Å²) in [6.45, 7) is 6.63. The summed E-state index contributed by atoms with van der Waals surface area (Å²) >= 11 is 5.45. The first-order valence-corrected chi connectivity index (χ1v) is 7.63. The van der Waals surface area contributed by atoms with Gasteiger partial charge in [0.2, 0.25) is 0 Å². The highest BCUT2D eigenvalue weighted by Crippen LogP contribution is 2.26. The van der Waals surface area contributed by atoms with Gasteiger partial charge in [-0.05, 0) is 38.2 Å². The Hall–Kier alpha value is -1.37. The van der Waals surface area contributed by atoms with Crippen LogP contribution in [0.25, 0.3) is 11.0 Å². The molecule has 1 fully saturated rings. The number of nitrogens with one attached hydrogen (secondary N) is 1. The second kappa shape index (κ2) is 6.17. The van der Waals surface area contributed by atoms with Crippen LogP contribution in [0.3, 0.4) is 0 Å². The topological polar surface area (TPSA) is 48.4 Å². The first-order chi connectivity index (χ1) is 10.1. The van der Waals surface area contributed by atoms with Crippen molar-refractivity contribution in [3.05, 3.63) is 23.0 Å². The highest BCUT2D eigenvalue weighted by Gasteiger charge is 2.18. The van der Waals surface area contributed by atoms with Gasteiger partial charge in [0.15, 0.2) is 4.77 Å². The van der Waals surface area contributed by atoms with E-state index in [9.17, 15) is 0 Å². The van der Waals surface area contributed by atoms with Crippen molar-refractivity contribution in [3.63, 3.8) is 0 Å².